The van der Waals surface area contributed by atoms with Gasteiger partial charge in [-0.1, -0.05) is 17.7 Å². The van der Waals surface area contributed by atoms with Crippen molar-refractivity contribution in [3.8, 4) is 5.69 Å². The predicted octanol–water partition coefficient (Wildman–Crippen LogP) is 2.52. The van der Waals surface area contributed by atoms with Crippen LogP contribution in [0.4, 0.5) is 0 Å². The number of ether oxygens (including phenoxy) is 1. The zero-order valence-corrected chi connectivity index (χ0v) is 13.1. The fourth-order valence-electron chi connectivity index (χ4n) is 2.39. The van der Waals surface area contributed by atoms with Gasteiger partial charge in [0, 0.05) is 16.7 Å². The third-order valence-electron chi connectivity index (χ3n) is 3.29. The number of benzene rings is 1. The summed E-state index contributed by atoms with van der Waals surface area (Å²) < 4.78 is 7.19. The standard InChI is InChI=1S/C14H14ClN2O2P/c1-14(2)6-9-11(13(18)19-14)17(7-16-9)10-5-3-4-8(15)12(10)20/h3-5,7H,6,20H2,1-2H3. The van der Waals surface area contributed by atoms with E-state index in [2.05, 4.69) is 14.2 Å². The van der Waals surface area contributed by atoms with Gasteiger partial charge in [0.25, 0.3) is 0 Å². The Kier molecular flexibility index (Phi) is 3.11. The van der Waals surface area contributed by atoms with E-state index in [4.69, 9.17) is 16.3 Å². The van der Waals surface area contributed by atoms with Gasteiger partial charge in [-0.3, -0.25) is 4.57 Å². The lowest BCUT2D eigenvalue weighted by Gasteiger charge is -2.29. The first-order valence-corrected chi connectivity index (χ1v) is 7.18. The fraction of sp³-hybridized carbons (Fsp3) is 0.286. The molecule has 4 nitrogen and oxygen atoms in total. The molecule has 0 radical (unpaired) electrons. The number of cyclic esters (lactones) is 1. The second kappa shape index (κ2) is 4.57. The molecule has 1 unspecified atom stereocenters. The average Bonchev–Trinajstić information content (AvgIpc) is 2.74. The highest BCUT2D eigenvalue weighted by atomic mass is 35.5. The lowest BCUT2D eigenvalue weighted by Crippen LogP contribution is -2.37. The van der Waals surface area contributed by atoms with Gasteiger partial charge >= 0.3 is 5.97 Å². The van der Waals surface area contributed by atoms with Crippen LogP contribution in [0.15, 0.2) is 24.5 Å². The molecule has 1 aliphatic rings. The Hall–Kier alpha value is -1.38. The largest absolute Gasteiger partial charge is 0.455 e. The Bertz CT molecular complexity index is 709. The van der Waals surface area contributed by atoms with Crippen molar-refractivity contribution in [2.45, 2.75) is 25.9 Å². The average molecular weight is 309 g/mol. The molecule has 0 saturated heterocycles. The van der Waals surface area contributed by atoms with E-state index in [1.54, 1.807) is 17.0 Å². The van der Waals surface area contributed by atoms with E-state index in [9.17, 15) is 4.79 Å². The first-order chi connectivity index (χ1) is 9.39. The third-order valence-corrected chi connectivity index (χ3v) is 4.41. The predicted molar refractivity (Wildman–Crippen MR) is 81.1 cm³/mol. The summed E-state index contributed by atoms with van der Waals surface area (Å²) >= 11 is 6.12. The summed E-state index contributed by atoms with van der Waals surface area (Å²) in [5.74, 6) is -0.349. The van der Waals surface area contributed by atoms with Gasteiger partial charge in [0.1, 0.15) is 11.9 Å². The molecule has 2 heterocycles. The highest BCUT2D eigenvalue weighted by Crippen LogP contribution is 2.29. The SMILES string of the molecule is CC1(C)Cc2ncn(-c3cccc(Cl)c3P)c2C(=O)O1. The van der Waals surface area contributed by atoms with Crippen LogP contribution in [0.5, 0.6) is 0 Å². The number of nitrogens with zero attached hydrogens (tertiary/aromatic N) is 2. The van der Waals surface area contributed by atoms with Gasteiger partial charge in [-0.2, -0.15) is 0 Å². The smallest absolute Gasteiger partial charge is 0.357 e. The summed E-state index contributed by atoms with van der Waals surface area (Å²) in [5, 5.41) is 1.45. The van der Waals surface area contributed by atoms with E-state index in [-0.39, 0.29) is 5.97 Å². The topological polar surface area (TPSA) is 44.1 Å². The maximum atomic E-state index is 12.2. The zero-order chi connectivity index (χ0) is 14.5. The molecule has 0 saturated carbocycles. The van der Waals surface area contributed by atoms with Gasteiger partial charge in [-0.15, -0.1) is 9.24 Å². The summed E-state index contributed by atoms with van der Waals surface area (Å²) in [6.07, 6.45) is 2.25. The van der Waals surface area contributed by atoms with Crippen LogP contribution >= 0.6 is 20.8 Å². The molecule has 1 aromatic heterocycles. The first-order valence-electron chi connectivity index (χ1n) is 6.23. The van der Waals surface area contributed by atoms with Crippen LogP contribution in [-0.2, 0) is 11.2 Å². The van der Waals surface area contributed by atoms with Crippen LogP contribution < -0.4 is 5.30 Å². The molecule has 0 amide bonds. The van der Waals surface area contributed by atoms with Crippen molar-refractivity contribution in [2.24, 2.45) is 0 Å². The number of imidazole rings is 1. The molecule has 1 aromatic carbocycles. The Balaban J connectivity index is 2.17. The molecule has 1 aliphatic heterocycles. The second-order valence-corrected chi connectivity index (χ2v) is 6.39. The van der Waals surface area contributed by atoms with Gasteiger partial charge in [0.2, 0.25) is 0 Å². The number of carbonyl (C=O) groups excluding carboxylic acids is 1. The van der Waals surface area contributed by atoms with Crippen LogP contribution in [0.3, 0.4) is 0 Å². The number of esters is 1. The lowest BCUT2D eigenvalue weighted by molar-refractivity contribution is -0.00795. The lowest BCUT2D eigenvalue weighted by atomic mass is 9.98. The molecule has 1 atom stereocenters. The second-order valence-electron chi connectivity index (χ2n) is 5.41. The molecule has 6 heteroatoms. The first kappa shape index (κ1) is 13.6. The minimum atomic E-state index is -0.513. The molecule has 2 aromatic rings. The van der Waals surface area contributed by atoms with Crippen molar-refractivity contribution in [3.63, 3.8) is 0 Å². The van der Waals surface area contributed by atoms with Crippen molar-refractivity contribution >= 4 is 32.1 Å². The summed E-state index contributed by atoms with van der Waals surface area (Å²) in [4.78, 5) is 16.6. The van der Waals surface area contributed by atoms with Crippen molar-refractivity contribution < 1.29 is 9.53 Å². The fourth-order valence-corrected chi connectivity index (χ4v) is 2.89. The van der Waals surface area contributed by atoms with Crippen molar-refractivity contribution in [1.82, 2.24) is 9.55 Å². The molecule has 20 heavy (non-hydrogen) atoms. The van der Waals surface area contributed by atoms with Crippen LogP contribution in [-0.4, -0.2) is 21.1 Å². The van der Waals surface area contributed by atoms with Crippen LogP contribution in [0.2, 0.25) is 5.02 Å². The number of hydrogen-bond donors (Lipinski definition) is 0. The van der Waals surface area contributed by atoms with E-state index >= 15 is 0 Å². The van der Waals surface area contributed by atoms with Crippen LogP contribution in [0.1, 0.15) is 30.0 Å². The number of halogens is 1. The maximum Gasteiger partial charge on any atom is 0.357 e. The van der Waals surface area contributed by atoms with Gasteiger partial charge in [-0.05, 0) is 26.0 Å². The third kappa shape index (κ3) is 2.13. The number of rotatable bonds is 1. The van der Waals surface area contributed by atoms with Crippen molar-refractivity contribution in [2.75, 3.05) is 0 Å². The summed E-state index contributed by atoms with van der Waals surface area (Å²) in [6, 6.07) is 5.54. The molecule has 0 fully saturated rings. The number of fused-ring (bicyclic) bond motifs is 1. The van der Waals surface area contributed by atoms with Crippen molar-refractivity contribution in [3.05, 3.63) is 40.9 Å². The highest BCUT2D eigenvalue weighted by molar-refractivity contribution is 7.28. The Morgan fingerprint density at radius 3 is 2.95 bits per heavy atom. The molecular formula is C14H14ClN2O2P. The maximum absolute atomic E-state index is 12.2. The minimum absolute atomic E-state index is 0.349. The molecule has 104 valence electrons. The van der Waals surface area contributed by atoms with Crippen molar-refractivity contribution in [1.29, 1.82) is 0 Å². The molecular weight excluding hydrogens is 295 g/mol. The van der Waals surface area contributed by atoms with Gasteiger partial charge < -0.3 is 4.74 Å². The molecule has 0 aliphatic carbocycles. The number of carbonyl (C=O) groups is 1. The normalized spacial score (nSPS) is 16.7. The van der Waals surface area contributed by atoms with Gasteiger partial charge in [0.05, 0.1) is 11.4 Å². The monoisotopic (exact) mass is 308 g/mol. The number of hydrogen-bond acceptors (Lipinski definition) is 3. The zero-order valence-electron chi connectivity index (χ0n) is 11.2. The van der Waals surface area contributed by atoms with Crippen LogP contribution in [0, 0.1) is 0 Å². The van der Waals surface area contributed by atoms with Gasteiger partial charge in [0.15, 0.2) is 5.69 Å². The quantitative estimate of drug-likeness (QED) is 0.600. The van der Waals surface area contributed by atoms with Crippen LogP contribution in [0.25, 0.3) is 5.69 Å². The van der Waals surface area contributed by atoms with E-state index in [1.165, 1.54) is 0 Å². The minimum Gasteiger partial charge on any atom is -0.455 e. The Morgan fingerprint density at radius 2 is 2.20 bits per heavy atom. The van der Waals surface area contributed by atoms with E-state index in [0.29, 0.717) is 17.1 Å². The molecule has 0 N–H and O–H groups in total. The Labute approximate surface area is 124 Å². The van der Waals surface area contributed by atoms with E-state index in [0.717, 1.165) is 16.7 Å². The van der Waals surface area contributed by atoms with E-state index < -0.39 is 5.60 Å². The highest BCUT2D eigenvalue weighted by Gasteiger charge is 2.36. The Morgan fingerprint density at radius 1 is 1.45 bits per heavy atom. The van der Waals surface area contributed by atoms with E-state index in [1.807, 2.05) is 26.0 Å². The number of aromatic nitrogens is 2. The van der Waals surface area contributed by atoms with Gasteiger partial charge in [-0.25, -0.2) is 9.78 Å². The summed E-state index contributed by atoms with van der Waals surface area (Å²) in [5.41, 5.74) is 1.54. The summed E-state index contributed by atoms with van der Waals surface area (Å²) in [6.45, 7) is 3.76. The molecule has 0 bridgehead atoms. The molecule has 0 spiro atoms. The summed E-state index contributed by atoms with van der Waals surface area (Å²) in [7, 11) is 2.59. The molecule has 3 rings (SSSR count).